The Balaban J connectivity index is 0.00000144. The third-order valence-corrected chi connectivity index (χ3v) is 5.42. The molecule has 0 aliphatic carbocycles. The van der Waals surface area contributed by atoms with Crippen LogP contribution < -0.4 is 4.90 Å². The minimum atomic E-state index is -0.0218. The number of piperazine rings is 1. The number of amides is 1. The zero-order valence-electron chi connectivity index (χ0n) is 13.8. The van der Waals surface area contributed by atoms with Crippen LogP contribution in [0.5, 0.6) is 0 Å². The van der Waals surface area contributed by atoms with Gasteiger partial charge in [-0.2, -0.15) is 0 Å². The summed E-state index contributed by atoms with van der Waals surface area (Å²) in [6.07, 6.45) is 4.03. The molecule has 0 spiro atoms. The quantitative estimate of drug-likeness (QED) is 0.769. The molecule has 1 atom stereocenters. The molecule has 0 radical (unpaired) electrons. The van der Waals surface area contributed by atoms with Gasteiger partial charge >= 0.3 is 5.24 Å². The highest BCUT2D eigenvalue weighted by Crippen LogP contribution is 2.26. The third-order valence-electron chi connectivity index (χ3n) is 4.26. The Labute approximate surface area is 160 Å². The Hall–Kier alpha value is -0.820. The molecule has 134 valence electrons. The molecule has 3 heterocycles. The Morgan fingerprint density at radius 2 is 1.96 bits per heavy atom. The lowest BCUT2D eigenvalue weighted by Crippen LogP contribution is -2.47. The first-order valence-corrected chi connectivity index (χ1v) is 8.74. The lowest BCUT2D eigenvalue weighted by atomic mass is 10.1. The standard InChI is InChI=1S/C16H22N4OS.2ClH/c1-13-14(22-16(21)18-13)5-4-8-19-9-11-20(12-10-19)15-6-2-3-7-17-15;;/h2-3,6-7,14H,4-5,8-12H2,1H3;2*1H. The molecular formula is C16H24Cl2N4OS. The van der Waals surface area contributed by atoms with Crippen molar-refractivity contribution in [2.75, 3.05) is 37.6 Å². The molecule has 1 amide bonds. The number of pyridine rings is 1. The molecule has 0 N–H and O–H groups in total. The Morgan fingerprint density at radius 1 is 1.21 bits per heavy atom. The van der Waals surface area contributed by atoms with Crippen LogP contribution in [0.3, 0.4) is 0 Å². The Morgan fingerprint density at radius 3 is 2.54 bits per heavy atom. The highest BCUT2D eigenvalue weighted by atomic mass is 35.5. The van der Waals surface area contributed by atoms with E-state index < -0.39 is 0 Å². The lowest BCUT2D eigenvalue weighted by molar-refractivity contribution is 0.253. The minimum Gasteiger partial charge on any atom is -0.354 e. The van der Waals surface area contributed by atoms with E-state index in [0.717, 1.165) is 57.1 Å². The van der Waals surface area contributed by atoms with Gasteiger partial charge in [0.2, 0.25) is 0 Å². The number of hydrogen-bond acceptors (Lipinski definition) is 5. The van der Waals surface area contributed by atoms with E-state index in [-0.39, 0.29) is 30.1 Å². The molecule has 0 saturated carbocycles. The number of hydrogen-bond donors (Lipinski definition) is 0. The largest absolute Gasteiger partial charge is 0.354 e. The lowest BCUT2D eigenvalue weighted by Gasteiger charge is -2.35. The summed E-state index contributed by atoms with van der Waals surface area (Å²) in [6.45, 7) is 7.31. The summed E-state index contributed by atoms with van der Waals surface area (Å²) in [5, 5.41) is 0.286. The van der Waals surface area contributed by atoms with Crippen LogP contribution in [0.1, 0.15) is 19.8 Å². The average molecular weight is 391 g/mol. The van der Waals surface area contributed by atoms with E-state index in [0.29, 0.717) is 5.25 Å². The highest BCUT2D eigenvalue weighted by Gasteiger charge is 2.24. The smallest absolute Gasteiger partial charge is 0.305 e. The fourth-order valence-corrected chi connectivity index (χ4v) is 3.91. The number of thioether (sulfide) groups is 1. The van der Waals surface area contributed by atoms with Crippen molar-refractivity contribution < 1.29 is 4.79 Å². The topological polar surface area (TPSA) is 48.8 Å². The number of carbonyl (C=O) groups is 1. The van der Waals surface area contributed by atoms with Crippen molar-refractivity contribution in [2.24, 2.45) is 4.99 Å². The van der Waals surface area contributed by atoms with Crippen LogP contribution in [-0.2, 0) is 0 Å². The minimum absolute atomic E-state index is 0. The first-order valence-electron chi connectivity index (χ1n) is 7.86. The summed E-state index contributed by atoms with van der Waals surface area (Å²) in [6, 6.07) is 6.07. The normalized spacial score (nSPS) is 21.0. The predicted molar refractivity (Wildman–Crippen MR) is 107 cm³/mol. The third kappa shape index (κ3) is 5.62. The van der Waals surface area contributed by atoms with E-state index in [1.165, 1.54) is 11.8 Å². The molecule has 0 aromatic carbocycles. The molecule has 1 unspecified atom stereocenters. The van der Waals surface area contributed by atoms with E-state index >= 15 is 0 Å². The monoisotopic (exact) mass is 390 g/mol. The van der Waals surface area contributed by atoms with Crippen molar-refractivity contribution in [1.82, 2.24) is 9.88 Å². The molecule has 3 rings (SSSR count). The molecule has 1 aromatic heterocycles. The van der Waals surface area contributed by atoms with E-state index in [1.54, 1.807) is 0 Å². The maximum Gasteiger partial charge on any atom is 0.305 e. The molecule has 2 aliphatic rings. The number of carbonyl (C=O) groups excluding carboxylic acids is 1. The van der Waals surface area contributed by atoms with Gasteiger partial charge in [-0.3, -0.25) is 9.69 Å². The highest BCUT2D eigenvalue weighted by molar-refractivity contribution is 8.15. The van der Waals surface area contributed by atoms with Gasteiger partial charge < -0.3 is 4.90 Å². The van der Waals surface area contributed by atoms with Gasteiger partial charge in [-0.25, -0.2) is 9.98 Å². The van der Waals surface area contributed by atoms with E-state index in [9.17, 15) is 4.79 Å². The summed E-state index contributed by atoms with van der Waals surface area (Å²) in [5.74, 6) is 1.08. The van der Waals surface area contributed by atoms with Gasteiger partial charge in [-0.05, 0) is 38.4 Å². The predicted octanol–water partition coefficient (Wildman–Crippen LogP) is 3.52. The number of halogens is 2. The van der Waals surface area contributed by atoms with E-state index in [1.807, 2.05) is 25.3 Å². The zero-order valence-corrected chi connectivity index (χ0v) is 16.2. The summed E-state index contributed by atoms with van der Waals surface area (Å²) in [5.41, 5.74) is 0.995. The fraction of sp³-hybridized carbons (Fsp3) is 0.562. The number of aliphatic imine (C=N–C) groups is 1. The van der Waals surface area contributed by atoms with Gasteiger partial charge in [0.05, 0.1) is 5.25 Å². The number of anilines is 1. The van der Waals surface area contributed by atoms with Crippen molar-refractivity contribution in [2.45, 2.75) is 25.0 Å². The van der Waals surface area contributed by atoms with Crippen LogP contribution in [0.4, 0.5) is 10.6 Å². The summed E-state index contributed by atoms with van der Waals surface area (Å²) in [4.78, 5) is 24.5. The molecule has 5 nitrogen and oxygen atoms in total. The molecule has 1 saturated heterocycles. The first kappa shape index (κ1) is 21.2. The zero-order chi connectivity index (χ0) is 15.4. The maximum atomic E-state index is 11.3. The summed E-state index contributed by atoms with van der Waals surface area (Å²) in [7, 11) is 0. The Bertz CT molecular complexity index is 550. The molecule has 8 heteroatoms. The molecule has 1 fully saturated rings. The van der Waals surface area contributed by atoms with Crippen LogP contribution in [0.15, 0.2) is 29.4 Å². The van der Waals surface area contributed by atoms with Crippen LogP contribution in [0, 0.1) is 0 Å². The van der Waals surface area contributed by atoms with Gasteiger partial charge in [0.15, 0.2) is 0 Å². The second kappa shape index (κ2) is 10.2. The van der Waals surface area contributed by atoms with Crippen molar-refractivity contribution in [3.8, 4) is 0 Å². The molecule has 1 aromatic rings. The maximum absolute atomic E-state index is 11.3. The molecule has 24 heavy (non-hydrogen) atoms. The van der Waals surface area contributed by atoms with Crippen LogP contribution >= 0.6 is 36.6 Å². The number of rotatable bonds is 5. The summed E-state index contributed by atoms with van der Waals surface area (Å²) < 4.78 is 0. The van der Waals surface area contributed by atoms with Gasteiger partial charge in [-0.1, -0.05) is 17.8 Å². The van der Waals surface area contributed by atoms with Gasteiger partial charge in [-0.15, -0.1) is 24.8 Å². The molecule has 0 bridgehead atoms. The fourth-order valence-electron chi connectivity index (χ4n) is 2.96. The number of nitrogens with zero attached hydrogens (tertiary/aromatic N) is 4. The number of aromatic nitrogens is 1. The first-order chi connectivity index (χ1) is 10.7. The van der Waals surface area contributed by atoms with E-state index in [4.69, 9.17) is 0 Å². The molecular weight excluding hydrogens is 367 g/mol. The van der Waals surface area contributed by atoms with Crippen LogP contribution in [-0.4, -0.2) is 58.8 Å². The van der Waals surface area contributed by atoms with Crippen LogP contribution in [0.2, 0.25) is 0 Å². The van der Waals surface area contributed by atoms with Crippen molar-refractivity contribution in [3.05, 3.63) is 24.4 Å². The SMILES string of the molecule is CC1=NC(=O)SC1CCCN1CCN(c2ccccn2)CC1.Cl.Cl. The second-order valence-electron chi connectivity index (χ2n) is 5.78. The van der Waals surface area contributed by atoms with Crippen molar-refractivity contribution in [1.29, 1.82) is 0 Å². The molecule has 2 aliphatic heterocycles. The van der Waals surface area contributed by atoms with Gasteiger partial charge in [0.25, 0.3) is 0 Å². The Kier molecular flexibility index (Phi) is 9.05. The average Bonchev–Trinajstić information content (AvgIpc) is 2.87. The van der Waals surface area contributed by atoms with Crippen molar-refractivity contribution in [3.63, 3.8) is 0 Å². The van der Waals surface area contributed by atoms with Crippen molar-refractivity contribution >= 4 is 53.3 Å². The van der Waals surface area contributed by atoms with Gasteiger partial charge in [0, 0.05) is 38.1 Å². The second-order valence-corrected chi connectivity index (χ2v) is 6.94. The van der Waals surface area contributed by atoms with Crippen LogP contribution in [0.25, 0.3) is 0 Å². The summed E-state index contributed by atoms with van der Waals surface area (Å²) >= 11 is 1.38. The van der Waals surface area contributed by atoms with E-state index in [2.05, 4.69) is 25.8 Å². The van der Waals surface area contributed by atoms with Gasteiger partial charge in [0.1, 0.15) is 5.82 Å².